The Hall–Kier alpha value is -2.47. The highest BCUT2D eigenvalue weighted by Gasteiger charge is 2.67. The van der Waals surface area contributed by atoms with Gasteiger partial charge in [-0.05, 0) is 61.1 Å². The van der Waals surface area contributed by atoms with Crippen LogP contribution in [0.4, 0.5) is 5.69 Å². The van der Waals surface area contributed by atoms with Gasteiger partial charge in [-0.25, -0.2) is 4.90 Å². The molecular weight excluding hydrogens is 368 g/mol. The fourth-order valence-electron chi connectivity index (χ4n) is 6.11. The molecule has 7 rings (SSSR count). The summed E-state index contributed by atoms with van der Waals surface area (Å²) >= 11 is 0. The second-order valence-electron chi connectivity index (χ2n) is 9.06. The van der Waals surface area contributed by atoms with Gasteiger partial charge in [-0.15, -0.1) is 0 Å². The molecule has 150 valence electrons. The van der Waals surface area contributed by atoms with Gasteiger partial charge in [0.25, 0.3) is 5.91 Å². The van der Waals surface area contributed by atoms with Crippen molar-refractivity contribution < 1.29 is 19.1 Å². The van der Waals surface area contributed by atoms with Crippen LogP contribution in [0, 0.1) is 35.5 Å². The molecule has 0 radical (unpaired) electrons. The third-order valence-electron chi connectivity index (χ3n) is 7.54. The zero-order valence-electron chi connectivity index (χ0n) is 16.1. The van der Waals surface area contributed by atoms with Crippen LogP contribution in [0.5, 0.6) is 0 Å². The van der Waals surface area contributed by atoms with Crippen molar-refractivity contribution in [1.82, 2.24) is 5.32 Å². The van der Waals surface area contributed by atoms with E-state index in [0.29, 0.717) is 29.6 Å². The molecule has 0 unspecified atom stereocenters. The predicted octanol–water partition coefficient (Wildman–Crippen LogP) is 2.15. The molecule has 6 nitrogen and oxygen atoms in total. The lowest BCUT2D eigenvalue weighted by atomic mass is 9.63. The van der Waals surface area contributed by atoms with Crippen LogP contribution >= 0.6 is 0 Å². The normalized spacial score (nSPS) is 38.9. The molecule has 29 heavy (non-hydrogen) atoms. The van der Waals surface area contributed by atoms with Crippen molar-refractivity contribution in [3.63, 3.8) is 0 Å². The Labute approximate surface area is 169 Å². The van der Waals surface area contributed by atoms with Gasteiger partial charge < -0.3 is 10.1 Å². The van der Waals surface area contributed by atoms with Gasteiger partial charge in [0.15, 0.2) is 0 Å². The number of nitrogens with zero attached hydrogens (tertiary/aromatic N) is 1. The van der Waals surface area contributed by atoms with Gasteiger partial charge in [0.2, 0.25) is 11.8 Å². The largest absolute Gasteiger partial charge is 0.376 e. The van der Waals surface area contributed by atoms with Gasteiger partial charge >= 0.3 is 0 Å². The summed E-state index contributed by atoms with van der Waals surface area (Å²) in [6.45, 7) is 1.22. The van der Waals surface area contributed by atoms with Gasteiger partial charge in [-0.2, -0.15) is 0 Å². The smallest absolute Gasteiger partial charge is 0.251 e. The Balaban J connectivity index is 1.23. The molecule has 1 aromatic carbocycles. The third kappa shape index (κ3) is 2.54. The number of anilines is 1. The standard InChI is InChI=1S/C23H24N2O4/c26-21(24-11-14-5-2-8-29-14)12-3-1-4-13(9-12)25-22(27)19-15-6-7-16(18-10-17(15)18)20(19)23(25)28/h1,3-4,6-7,9,14-20H,2,5,8,10-11H2,(H,24,26)/t14-,15-,16-,17-,18+,19+,20+/m0/s1. The number of rotatable bonds is 4. The molecular formula is C23H24N2O4. The molecule has 6 aliphatic rings. The molecule has 7 atom stereocenters. The summed E-state index contributed by atoms with van der Waals surface area (Å²) in [6.07, 6.45) is 7.54. The van der Waals surface area contributed by atoms with Crippen molar-refractivity contribution in [3.8, 4) is 0 Å². The van der Waals surface area contributed by atoms with Crippen molar-refractivity contribution in [2.24, 2.45) is 35.5 Å². The summed E-state index contributed by atoms with van der Waals surface area (Å²) < 4.78 is 5.55. The molecule has 1 N–H and O–H groups in total. The summed E-state index contributed by atoms with van der Waals surface area (Å²) in [4.78, 5) is 40.4. The van der Waals surface area contributed by atoms with Gasteiger partial charge in [0.05, 0.1) is 23.6 Å². The molecule has 3 amide bonds. The minimum Gasteiger partial charge on any atom is -0.376 e. The second kappa shape index (κ2) is 6.26. The van der Waals surface area contributed by atoms with Crippen molar-refractivity contribution in [1.29, 1.82) is 0 Å². The Kier molecular flexibility index (Phi) is 3.76. The number of benzene rings is 1. The average molecular weight is 392 g/mol. The van der Waals surface area contributed by atoms with Gasteiger partial charge in [0.1, 0.15) is 0 Å². The Bertz CT molecular complexity index is 899. The summed E-state index contributed by atoms with van der Waals surface area (Å²) in [5.74, 6) is 0.723. The first-order valence-corrected chi connectivity index (χ1v) is 10.7. The first-order chi connectivity index (χ1) is 14.1. The number of ether oxygens (including phenoxy) is 1. The molecule has 2 saturated heterocycles. The Morgan fingerprint density at radius 3 is 2.48 bits per heavy atom. The van der Waals surface area contributed by atoms with Crippen LogP contribution < -0.4 is 10.2 Å². The molecule has 4 fully saturated rings. The average Bonchev–Trinajstić information content (AvgIpc) is 3.33. The van der Waals surface area contributed by atoms with E-state index in [9.17, 15) is 14.4 Å². The van der Waals surface area contributed by atoms with Crippen molar-refractivity contribution >= 4 is 23.4 Å². The fourth-order valence-corrected chi connectivity index (χ4v) is 6.11. The molecule has 6 heteroatoms. The number of nitrogens with one attached hydrogen (secondary N) is 1. The highest BCUT2D eigenvalue weighted by Crippen LogP contribution is 2.65. The highest BCUT2D eigenvalue weighted by atomic mass is 16.5. The van der Waals surface area contributed by atoms with Crippen LogP contribution in [0.25, 0.3) is 0 Å². The number of carbonyl (C=O) groups excluding carboxylic acids is 3. The molecule has 1 aromatic rings. The maximum absolute atomic E-state index is 13.2. The SMILES string of the molecule is O=C(NC[C@@H]1CCCO1)c1cccc(N2C(=O)[C@@H]3[C@H]4C=C[C@@H]([C@@H]5C[C@H]45)[C@H]3C2=O)c1. The van der Waals surface area contributed by atoms with Gasteiger partial charge in [0, 0.05) is 18.7 Å². The summed E-state index contributed by atoms with van der Waals surface area (Å²) in [5, 5.41) is 2.90. The van der Waals surface area contributed by atoms with E-state index in [4.69, 9.17) is 4.74 Å². The van der Waals surface area contributed by atoms with E-state index in [1.165, 1.54) is 4.90 Å². The van der Waals surface area contributed by atoms with E-state index >= 15 is 0 Å². The molecule has 0 aromatic heterocycles. The summed E-state index contributed by atoms with van der Waals surface area (Å²) in [7, 11) is 0. The maximum Gasteiger partial charge on any atom is 0.251 e. The molecule has 2 aliphatic heterocycles. The lowest BCUT2D eigenvalue weighted by Gasteiger charge is -2.37. The Morgan fingerprint density at radius 2 is 1.83 bits per heavy atom. The van der Waals surface area contributed by atoms with Crippen LogP contribution in [0.2, 0.25) is 0 Å². The first-order valence-electron chi connectivity index (χ1n) is 10.7. The molecule has 2 heterocycles. The zero-order chi connectivity index (χ0) is 19.7. The van der Waals surface area contributed by atoms with Crippen LogP contribution in [-0.4, -0.2) is 37.0 Å². The zero-order valence-corrected chi connectivity index (χ0v) is 16.1. The lowest BCUT2D eigenvalue weighted by molar-refractivity contribution is -0.124. The topological polar surface area (TPSA) is 75.7 Å². The number of amides is 3. The monoisotopic (exact) mass is 392 g/mol. The summed E-state index contributed by atoms with van der Waals surface area (Å²) in [6, 6.07) is 6.87. The molecule has 2 bridgehead atoms. The number of carbonyl (C=O) groups is 3. The minimum atomic E-state index is -0.224. The van der Waals surface area contributed by atoms with Crippen LogP contribution in [-0.2, 0) is 14.3 Å². The second-order valence-corrected chi connectivity index (χ2v) is 9.06. The molecule has 2 saturated carbocycles. The minimum absolute atomic E-state index is 0.0707. The number of hydrogen-bond donors (Lipinski definition) is 1. The van der Waals surface area contributed by atoms with Crippen LogP contribution in [0.15, 0.2) is 36.4 Å². The van der Waals surface area contributed by atoms with E-state index in [1.54, 1.807) is 24.3 Å². The van der Waals surface area contributed by atoms with Crippen molar-refractivity contribution in [2.75, 3.05) is 18.1 Å². The number of allylic oxidation sites excluding steroid dienone is 2. The van der Waals surface area contributed by atoms with Crippen molar-refractivity contribution in [3.05, 3.63) is 42.0 Å². The van der Waals surface area contributed by atoms with E-state index in [0.717, 1.165) is 25.9 Å². The van der Waals surface area contributed by atoms with E-state index in [2.05, 4.69) is 17.5 Å². The maximum atomic E-state index is 13.2. The number of hydrogen-bond acceptors (Lipinski definition) is 4. The van der Waals surface area contributed by atoms with E-state index < -0.39 is 0 Å². The lowest BCUT2D eigenvalue weighted by Crippen LogP contribution is -2.40. The van der Waals surface area contributed by atoms with E-state index in [-0.39, 0.29) is 47.5 Å². The van der Waals surface area contributed by atoms with Crippen LogP contribution in [0.1, 0.15) is 29.6 Å². The Morgan fingerprint density at radius 1 is 1.10 bits per heavy atom. The molecule has 4 aliphatic carbocycles. The fraction of sp³-hybridized carbons (Fsp3) is 0.522. The first kappa shape index (κ1) is 17.4. The van der Waals surface area contributed by atoms with Crippen LogP contribution in [0.3, 0.4) is 0 Å². The number of imide groups is 1. The van der Waals surface area contributed by atoms with Crippen molar-refractivity contribution in [2.45, 2.75) is 25.4 Å². The predicted molar refractivity (Wildman–Crippen MR) is 105 cm³/mol. The summed E-state index contributed by atoms with van der Waals surface area (Å²) in [5.41, 5.74) is 0.965. The third-order valence-corrected chi connectivity index (χ3v) is 7.54. The molecule has 0 spiro atoms. The highest BCUT2D eigenvalue weighted by molar-refractivity contribution is 6.23. The van der Waals surface area contributed by atoms with Gasteiger partial charge in [-0.1, -0.05) is 18.2 Å². The quantitative estimate of drug-likeness (QED) is 0.629. The van der Waals surface area contributed by atoms with Gasteiger partial charge in [-0.3, -0.25) is 14.4 Å². The van der Waals surface area contributed by atoms with E-state index in [1.807, 2.05) is 0 Å².